The molecule has 6 heteroatoms. The van der Waals surface area contributed by atoms with Gasteiger partial charge in [0.05, 0.1) is 6.54 Å². The molecule has 3 rings (SSSR count). The monoisotopic (exact) mass is 486 g/mol. The van der Waals surface area contributed by atoms with Crippen molar-refractivity contribution in [2.24, 2.45) is 10.4 Å². The van der Waals surface area contributed by atoms with Crippen LogP contribution in [0.5, 0.6) is 5.75 Å². The van der Waals surface area contributed by atoms with Crippen LogP contribution in [0.3, 0.4) is 0 Å². The molecular formula is C21H35IN4O. The first-order valence-electron chi connectivity index (χ1n) is 10.00. The van der Waals surface area contributed by atoms with E-state index >= 15 is 0 Å². The van der Waals surface area contributed by atoms with Crippen LogP contribution in [0.15, 0.2) is 29.3 Å². The summed E-state index contributed by atoms with van der Waals surface area (Å²) >= 11 is 0. The third-order valence-corrected chi connectivity index (χ3v) is 5.60. The number of hydrogen-bond acceptors (Lipinski definition) is 3. The van der Waals surface area contributed by atoms with Crippen molar-refractivity contribution >= 4 is 29.9 Å². The molecule has 1 aliphatic heterocycles. The normalized spacial score (nSPS) is 18.4. The molecule has 2 aliphatic rings. The van der Waals surface area contributed by atoms with Gasteiger partial charge >= 0.3 is 0 Å². The third kappa shape index (κ3) is 6.24. The third-order valence-electron chi connectivity index (χ3n) is 5.60. The summed E-state index contributed by atoms with van der Waals surface area (Å²) in [5, 5.41) is 3.48. The number of aliphatic imine (C=N–C) groups is 1. The second-order valence-corrected chi connectivity index (χ2v) is 7.99. The number of guanidine groups is 1. The van der Waals surface area contributed by atoms with E-state index in [0.717, 1.165) is 31.3 Å². The zero-order chi connectivity index (χ0) is 18.4. The van der Waals surface area contributed by atoms with Crippen LogP contribution in [-0.2, 0) is 6.54 Å². The fraction of sp³-hybridized carbons (Fsp3) is 0.667. The zero-order valence-electron chi connectivity index (χ0n) is 17.0. The predicted molar refractivity (Wildman–Crippen MR) is 123 cm³/mol. The number of rotatable bonds is 7. The molecule has 1 saturated carbocycles. The van der Waals surface area contributed by atoms with E-state index in [-0.39, 0.29) is 24.0 Å². The van der Waals surface area contributed by atoms with Crippen molar-refractivity contribution in [3.63, 3.8) is 0 Å². The summed E-state index contributed by atoms with van der Waals surface area (Å²) in [6.07, 6.45) is 5.53. The Morgan fingerprint density at radius 2 is 2.11 bits per heavy atom. The maximum Gasteiger partial charge on any atom is 0.194 e. The molecule has 0 radical (unpaired) electrons. The molecule has 0 unspecified atom stereocenters. The average molecular weight is 486 g/mol. The van der Waals surface area contributed by atoms with Crippen molar-refractivity contribution < 1.29 is 4.74 Å². The topological polar surface area (TPSA) is 40.1 Å². The Balaban J connectivity index is 0.00000261. The zero-order valence-corrected chi connectivity index (χ0v) is 19.4. The number of likely N-dealkylation sites (N-methyl/N-ethyl adjacent to an activating group) is 1. The van der Waals surface area contributed by atoms with Crippen LogP contribution in [0, 0.1) is 5.41 Å². The molecule has 27 heavy (non-hydrogen) atoms. The van der Waals surface area contributed by atoms with Crippen LogP contribution in [0.25, 0.3) is 0 Å². The molecule has 2 fully saturated rings. The number of ether oxygens (including phenoxy) is 1. The molecule has 0 amide bonds. The van der Waals surface area contributed by atoms with Gasteiger partial charge < -0.3 is 19.9 Å². The van der Waals surface area contributed by atoms with E-state index in [1.807, 2.05) is 6.07 Å². The quantitative estimate of drug-likeness (QED) is 0.364. The van der Waals surface area contributed by atoms with Crippen LogP contribution in [0.4, 0.5) is 0 Å². The lowest BCUT2D eigenvalue weighted by molar-refractivity contribution is 0.151. The van der Waals surface area contributed by atoms with E-state index in [2.05, 4.69) is 54.3 Å². The predicted octanol–water partition coefficient (Wildman–Crippen LogP) is 3.59. The SMILES string of the molecule is CCNC(=NCc1cccc(OCCN(C)C)c1)N1CCC2(CCC2)C1.I. The van der Waals surface area contributed by atoms with Crippen molar-refractivity contribution in [3.8, 4) is 5.75 Å². The molecule has 1 saturated heterocycles. The molecule has 1 aliphatic carbocycles. The van der Waals surface area contributed by atoms with Gasteiger partial charge in [-0.3, -0.25) is 0 Å². The van der Waals surface area contributed by atoms with Crippen molar-refractivity contribution in [2.45, 2.75) is 39.2 Å². The van der Waals surface area contributed by atoms with Crippen LogP contribution in [0.1, 0.15) is 38.2 Å². The molecule has 0 atom stereocenters. The van der Waals surface area contributed by atoms with Gasteiger partial charge in [-0.25, -0.2) is 4.99 Å². The maximum absolute atomic E-state index is 5.84. The minimum absolute atomic E-state index is 0. The standard InChI is InChI=1S/C21H34N4O.HI/c1-4-22-20(25-12-11-21(17-25)9-6-10-21)23-16-18-7-5-8-19(15-18)26-14-13-24(2)3;/h5,7-8,15H,4,6,9-14,16-17H2,1-3H3,(H,22,23);1H. The Bertz CT molecular complexity index is 616. The van der Waals surface area contributed by atoms with E-state index in [4.69, 9.17) is 9.73 Å². The number of hydrogen-bond donors (Lipinski definition) is 1. The Labute approximate surface area is 181 Å². The van der Waals surface area contributed by atoms with Gasteiger partial charge in [-0.1, -0.05) is 18.6 Å². The summed E-state index contributed by atoms with van der Waals surface area (Å²) in [5.41, 5.74) is 1.79. The van der Waals surface area contributed by atoms with Crippen LogP contribution < -0.4 is 10.1 Å². The minimum atomic E-state index is 0. The Morgan fingerprint density at radius 3 is 2.74 bits per heavy atom. The van der Waals surface area contributed by atoms with Crippen LogP contribution >= 0.6 is 24.0 Å². The van der Waals surface area contributed by atoms with E-state index < -0.39 is 0 Å². The highest BCUT2D eigenvalue weighted by atomic mass is 127. The van der Waals surface area contributed by atoms with Gasteiger partial charge in [0, 0.05) is 26.2 Å². The highest BCUT2D eigenvalue weighted by Crippen LogP contribution is 2.47. The lowest BCUT2D eigenvalue weighted by Gasteiger charge is -2.38. The molecular weight excluding hydrogens is 451 g/mol. The smallest absolute Gasteiger partial charge is 0.194 e. The molecule has 1 aromatic carbocycles. The largest absolute Gasteiger partial charge is 0.492 e. The molecule has 5 nitrogen and oxygen atoms in total. The maximum atomic E-state index is 5.84. The first-order chi connectivity index (χ1) is 12.6. The van der Waals surface area contributed by atoms with Crippen molar-refractivity contribution in [3.05, 3.63) is 29.8 Å². The highest BCUT2D eigenvalue weighted by Gasteiger charge is 2.43. The van der Waals surface area contributed by atoms with Crippen LogP contribution in [-0.4, -0.2) is 62.6 Å². The second-order valence-electron chi connectivity index (χ2n) is 7.99. The van der Waals surface area contributed by atoms with E-state index in [1.54, 1.807) is 0 Å². The highest BCUT2D eigenvalue weighted by molar-refractivity contribution is 14.0. The molecule has 0 aromatic heterocycles. The van der Waals surface area contributed by atoms with Gasteiger partial charge in [0.15, 0.2) is 5.96 Å². The minimum Gasteiger partial charge on any atom is -0.492 e. The first-order valence-corrected chi connectivity index (χ1v) is 10.00. The Morgan fingerprint density at radius 1 is 1.30 bits per heavy atom. The summed E-state index contributed by atoms with van der Waals surface area (Å²) < 4.78 is 5.84. The molecule has 0 bridgehead atoms. The van der Waals surface area contributed by atoms with Gasteiger partial charge in [0.25, 0.3) is 0 Å². The lowest BCUT2D eigenvalue weighted by atomic mass is 9.68. The van der Waals surface area contributed by atoms with Crippen molar-refractivity contribution in [2.75, 3.05) is 46.9 Å². The fourth-order valence-corrected chi connectivity index (χ4v) is 3.87. The van der Waals surface area contributed by atoms with Crippen molar-refractivity contribution in [1.82, 2.24) is 15.1 Å². The summed E-state index contributed by atoms with van der Waals surface area (Å²) in [4.78, 5) is 9.49. The van der Waals surface area contributed by atoms with Gasteiger partial charge in [0.1, 0.15) is 12.4 Å². The van der Waals surface area contributed by atoms with E-state index in [9.17, 15) is 0 Å². The molecule has 1 heterocycles. The fourth-order valence-electron chi connectivity index (χ4n) is 3.87. The molecule has 1 N–H and O–H groups in total. The lowest BCUT2D eigenvalue weighted by Crippen LogP contribution is -2.42. The van der Waals surface area contributed by atoms with Gasteiger partial charge in [0.2, 0.25) is 0 Å². The van der Waals surface area contributed by atoms with Gasteiger partial charge in [-0.15, -0.1) is 24.0 Å². The van der Waals surface area contributed by atoms with E-state index in [1.165, 1.54) is 37.8 Å². The summed E-state index contributed by atoms with van der Waals surface area (Å²) in [7, 11) is 4.12. The first kappa shape index (κ1) is 22.3. The van der Waals surface area contributed by atoms with Crippen molar-refractivity contribution in [1.29, 1.82) is 0 Å². The van der Waals surface area contributed by atoms with Crippen LogP contribution in [0.2, 0.25) is 0 Å². The Hall–Kier alpha value is -1.02. The summed E-state index contributed by atoms with van der Waals surface area (Å²) in [6, 6.07) is 8.32. The number of halogens is 1. The number of benzene rings is 1. The number of nitrogens with one attached hydrogen (secondary N) is 1. The Kier molecular flexibility index (Phi) is 8.66. The van der Waals surface area contributed by atoms with Gasteiger partial charge in [-0.05, 0) is 63.4 Å². The number of nitrogens with zero attached hydrogens (tertiary/aromatic N) is 3. The summed E-state index contributed by atoms with van der Waals surface area (Å²) in [6.45, 7) is 7.69. The van der Waals surface area contributed by atoms with E-state index in [0.29, 0.717) is 18.6 Å². The molecule has 1 spiro atoms. The second kappa shape index (κ2) is 10.5. The molecule has 1 aromatic rings. The average Bonchev–Trinajstić information content (AvgIpc) is 3.05. The number of likely N-dealkylation sites (tertiary alicyclic amines) is 1. The van der Waals surface area contributed by atoms with Gasteiger partial charge in [-0.2, -0.15) is 0 Å². The summed E-state index contributed by atoms with van der Waals surface area (Å²) in [5.74, 6) is 1.99. The molecule has 152 valence electrons.